The predicted octanol–water partition coefficient (Wildman–Crippen LogP) is 1.88. The third-order valence-electron chi connectivity index (χ3n) is 6.17. The van der Waals surface area contributed by atoms with E-state index in [0.29, 0.717) is 12.3 Å². The van der Waals surface area contributed by atoms with Crippen molar-refractivity contribution in [1.29, 1.82) is 0 Å². The zero-order chi connectivity index (χ0) is 23.4. The summed E-state index contributed by atoms with van der Waals surface area (Å²) in [5, 5.41) is 32.7. The molecule has 4 rings (SSSR count). The summed E-state index contributed by atoms with van der Waals surface area (Å²) in [5.41, 5.74) is 3.61. The summed E-state index contributed by atoms with van der Waals surface area (Å²) in [5.74, 6) is -2.07. The zero-order valence-electron chi connectivity index (χ0n) is 17.6. The number of thioether (sulfide) groups is 1. The number of ether oxygens (including phenoxy) is 1. The number of fused-ring (bicyclic) bond motifs is 3. The second-order valence-electron chi connectivity index (χ2n) is 8.00. The summed E-state index contributed by atoms with van der Waals surface area (Å²) in [6.45, 7) is 1.57. The molecule has 0 bridgehead atoms. The molecular formula is C23H23NO7S. The van der Waals surface area contributed by atoms with Crippen molar-refractivity contribution in [2.24, 2.45) is 5.73 Å². The molecule has 0 saturated heterocycles. The van der Waals surface area contributed by atoms with E-state index in [-0.39, 0.29) is 52.0 Å². The molecule has 2 aliphatic carbocycles. The monoisotopic (exact) mass is 457 g/mol. The van der Waals surface area contributed by atoms with Crippen LogP contribution in [0.15, 0.2) is 18.2 Å². The lowest BCUT2D eigenvalue weighted by atomic mass is 9.73. The van der Waals surface area contributed by atoms with E-state index in [4.69, 9.17) is 10.5 Å². The standard InChI is InChI=1S/C23H23NO7S/c1-10(25)23(30)8-12-16(14(9-23)32-7-6-24)22(29)18-17(20(12)27)19(26)11-4-3-5-13(31-2)15(11)21(18)28/h3-5,14,27,29-30H,6-9,24H2,1-2H3. The molecule has 2 aromatic carbocycles. The van der Waals surface area contributed by atoms with Gasteiger partial charge in [-0.1, -0.05) is 12.1 Å². The lowest BCUT2D eigenvalue weighted by Gasteiger charge is -2.38. The molecule has 0 amide bonds. The van der Waals surface area contributed by atoms with Crippen LogP contribution in [0.1, 0.15) is 61.6 Å². The summed E-state index contributed by atoms with van der Waals surface area (Å²) >= 11 is 1.30. The maximum atomic E-state index is 13.4. The van der Waals surface area contributed by atoms with Crippen LogP contribution in [-0.2, 0) is 11.2 Å². The first kappa shape index (κ1) is 22.3. The average Bonchev–Trinajstić information content (AvgIpc) is 2.77. The number of carbonyl (C=O) groups excluding carboxylic acids is 3. The van der Waals surface area contributed by atoms with Gasteiger partial charge in [-0.3, -0.25) is 14.4 Å². The van der Waals surface area contributed by atoms with Crippen molar-refractivity contribution in [1.82, 2.24) is 0 Å². The number of hydrogen-bond donors (Lipinski definition) is 4. The minimum Gasteiger partial charge on any atom is -0.507 e. The molecular weight excluding hydrogens is 434 g/mol. The minimum atomic E-state index is -1.78. The van der Waals surface area contributed by atoms with Crippen LogP contribution in [0, 0.1) is 0 Å². The summed E-state index contributed by atoms with van der Waals surface area (Å²) in [7, 11) is 1.37. The fourth-order valence-corrected chi connectivity index (χ4v) is 5.77. The number of rotatable bonds is 5. The normalized spacial score (nSPS) is 21.6. The van der Waals surface area contributed by atoms with Gasteiger partial charge in [0.05, 0.1) is 23.8 Å². The van der Waals surface area contributed by atoms with E-state index in [1.807, 2.05) is 0 Å². The van der Waals surface area contributed by atoms with Crippen molar-refractivity contribution in [3.8, 4) is 17.2 Å². The lowest BCUT2D eigenvalue weighted by molar-refractivity contribution is -0.136. The molecule has 0 aromatic heterocycles. The average molecular weight is 458 g/mol. The Labute approximate surface area is 188 Å². The number of phenolic OH excluding ortho intramolecular Hbond substituents is 2. The van der Waals surface area contributed by atoms with Crippen molar-refractivity contribution in [2.45, 2.75) is 30.6 Å². The second kappa shape index (κ2) is 7.91. The molecule has 8 nitrogen and oxygen atoms in total. The van der Waals surface area contributed by atoms with Crippen LogP contribution in [0.25, 0.3) is 0 Å². The Bertz CT molecular complexity index is 1180. The van der Waals surface area contributed by atoms with Gasteiger partial charge < -0.3 is 25.8 Å². The summed E-state index contributed by atoms with van der Waals surface area (Å²) in [6.07, 6.45) is -0.301. The largest absolute Gasteiger partial charge is 0.507 e. The van der Waals surface area contributed by atoms with E-state index < -0.39 is 39.7 Å². The number of benzene rings is 2. The molecule has 9 heteroatoms. The Balaban J connectivity index is 2.01. The van der Waals surface area contributed by atoms with Crippen LogP contribution in [0.3, 0.4) is 0 Å². The van der Waals surface area contributed by atoms with E-state index in [2.05, 4.69) is 0 Å². The molecule has 0 aliphatic heterocycles. The van der Waals surface area contributed by atoms with E-state index in [1.165, 1.54) is 37.9 Å². The Morgan fingerprint density at radius 1 is 1.19 bits per heavy atom. The number of aromatic hydroxyl groups is 2. The quantitative estimate of drug-likeness (QED) is 0.422. The van der Waals surface area contributed by atoms with Crippen LogP contribution < -0.4 is 10.5 Å². The third kappa shape index (κ3) is 3.11. The number of hydrogen-bond acceptors (Lipinski definition) is 9. The number of Topliss-reactive ketones (excluding diaryl/α,β-unsaturated/α-hetero) is 1. The molecule has 5 N–H and O–H groups in total. The van der Waals surface area contributed by atoms with Gasteiger partial charge in [-0.05, 0) is 19.4 Å². The lowest BCUT2D eigenvalue weighted by Crippen LogP contribution is -2.44. The number of methoxy groups -OCH3 is 1. The number of phenols is 2. The van der Waals surface area contributed by atoms with Gasteiger partial charge in [-0.15, -0.1) is 0 Å². The molecule has 0 spiro atoms. The summed E-state index contributed by atoms with van der Waals surface area (Å²) in [6, 6.07) is 4.54. The summed E-state index contributed by atoms with van der Waals surface area (Å²) < 4.78 is 5.25. The predicted molar refractivity (Wildman–Crippen MR) is 118 cm³/mol. The fourth-order valence-electron chi connectivity index (χ4n) is 4.54. The molecule has 2 unspecified atom stereocenters. The van der Waals surface area contributed by atoms with Gasteiger partial charge in [-0.25, -0.2) is 0 Å². The van der Waals surface area contributed by atoms with Gasteiger partial charge >= 0.3 is 0 Å². The maximum Gasteiger partial charge on any atom is 0.202 e. The van der Waals surface area contributed by atoms with Crippen molar-refractivity contribution in [2.75, 3.05) is 19.4 Å². The smallest absolute Gasteiger partial charge is 0.202 e. The van der Waals surface area contributed by atoms with E-state index in [0.717, 1.165) is 0 Å². The second-order valence-corrected chi connectivity index (χ2v) is 9.31. The topological polar surface area (TPSA) is 147 Å². The van der Waals surface area contributed by atoms with E-state index >= 15 is 0 Å². The fraction of sp³-hybridized carbons (Fsp3) is 0.348. The molecule has 32 heavy (non-hydrogen) atoms. The van der Waals surface area contributed by atoms with Crippen molar-refractivity contribution in [3.05, 3.63) is 51.6 Å². The Morgan fingerprint density at radius 2 is 1.88 bits per heavy atom. The molecule has 2 atom stereocenters. The SMILES string of the molecule is COc1cccc2c1C(=O)c1c(O)c3c(c(O)c1C2=O)CC(O)(C(C)=O)CC3SCCN. The van der Waals surface area contributed by atoms with Crippen LogP contribution in [0.4, 0.5) is 0 Å². The first-order valence-electron chi connectivity index (χ1n) is 10.1. The zero-order valence-corrected chi connectivity index (χ0v) is 18.4. The van der Waals surface area contributed by atoms with E-state index in [9.17, 15) is 29.7 Å². The van der Waals surface area contributed by atoms with Gasteiger partial charge in [0.15, 0.2) is 11.6 Å². The third-order valence-corrected chi connectivity index (χ3v) is 7.44. The molecule has 0 fully saturated rings. The Morgan fingerprint density at radius 3 is 2.50 bits per heavy atom. The molecule has 0 radical (unpaired) electrons. The van der Waals surface area contributed by atoms with Crippen LogP contribution in [0.2, 0.25) is 0 Å². The number of ketones is 3. The maximum absolute atomic E-state index is 13.4. The van der Waals surface area contributed by atoms with Gasteiger partial charge in [0.1, 0.15) is 22.8 Å². The van der Waals surface area contributed by atoms with Gasteiger partial charge in [0, 0.05) is 40.7 Å². The van der Waals surface area contributed by atoms with Crippen LogP contribution in [0.5, 0.6) is 17.2 Å². The molecule has 0 heterocycles. The number of nitrogens with two attached hydrogens (primary N) is 1. The highest BCUT2D eigenvalue weighted by Crippen LogP contribution is 2.54. The highest BCUT2D eigenvalue weighted by molar-refractivity contribution is 7.99. The number of aliphatic hydroxyl groups is 1. The van der Waals surface area contributed by atoms with Gasteiger partial charge in [0.2, 0.25) is 5.78 Å². The van der Waals surface area contributed by atoms with Crippen LogP contribution in [-0.4, -0.2) is 57.7 Å². The van der Waals surface area contributed by atoms with Crippen molar-refractivity contribution >= 4 is 29.1 Å². The first-order valence-corrected chi connectivity index (χ1v) is 11.1. The van der Waals surface area contributed by atoms with E-state index in [1.54, 1.807) is 6.07 Å². The molecule has 0 saturated carbocycles. The van der Waals surface area contributed by atoms with Gasteiger partial charge in [-0.2, -0.15) is 11.8 Å². The summed E-state index contributed by atoms with van der Waals surface area (Å²) in [4.78, 5) is 38.9. The van der Waals surface area contributed by atoms with Crippen molar-refractivity contribution < 1.29 is 34.4 Å². The minimum absolute atomic E-state index is 0.0179. The molecule has 2 aliphatic rings. The first-order chi connectivity index (χ1) is 15.2. The molecule has 168 valence electrons. The van der Waals surface area contributed by atoms with Gasteiger partial charge in [0.25, 0.3) is 0 Å². The Kier molecular flexibility index (Phi) is 5.52. The highest BCUT2D eigenvalue weighted by Gasteiger charge is 2.47. The van der Waals surface area contributed by atoms with Crippen molar-refractivity contribution in [3.63, 3.8) is 0 Å². The Hall–Kier alpha value is -2.88. The van der Waals surface area contributed by atoms with Crippen LogP contribution >= 0.6 is 11.8 Å². The molecule has 2 aromatic rings. The number of carbonyl (C=O) groups is 3. The highest BCUT2D eigenvalue weighted by atomic mass is 32.2.